The molecule has 3 rings (SSSR count). The van der Waals surface area contributed by atoms with E-state index in [0.29, 0.717) is 29.7 Å². The maximum Gasteiger partial charge on any atom is 0.255 e. The highest BCUT2D eigenvalue weighted by Gasteiger charge is 2.45. The van der Waals surface area contributed by atoms with Gasteiger partial charge in [-0.1, -0.05) is 57.0 Å². The summed E-state index contributed by atoms with van der Waals surface area (Å²) in [5.74, 6) is -11.2. The third-order valence-electron chi connectivity index (χ3n) is 13.4. The molecule has 1 heterocycles. The number of amides is 10. The van der Waals surface area contributed by atoms with Crippen LogP contribution in [-0.4, -0.2) is 180 Å². The van der Waals surface area contributed by atoms with Gasteiger partial charge in [0.05, 0.1) is 18.1 Å². The quantitative estimate of drug-likeness (QED) is 0.0545. The van der Waals surface area contributed by atoms with Crippen LogP contribution in [-0.2, 0) is 54.4 Å². The molecule has 27 heteroatoms. The number of imide groups is 1. The molecule has 10 amide bonds. The molecule has 22 N–H and O–H groups in total. The van der Waals surface area contributed by atoms with Gasteiger partial charge >= 0.3 is 0 Å². The lowest BCUT2D eigenvalue weighted by molar-refractivity contribution is -0.158. The Morgan fingerprint density at radius 3 is 1.60 bits per heavy atom. The molecule has 432 valence electrons. The number of rotatable bonds is 21. The van der Waals surface area contributed by atoms with Gasteiger partial charge in [0.1, 0.15) is 54.4 Å². The zero-order chi connectivity index (χ0) is 57.5. The van der Waals surface area contributed by atoms with E-state index in [1.54, 1.807) is 44.2 Å². The van der Waals surface area contributed by atoms with Gasteiger partial charge in [0.15, 0.2) is 0 Å². The highest BCUT2D eigenvalue weighted by atomic mass is 16.3. The Bertz CT molecular complexity index is 2150. The Hall–Kier alpha value is -6.20. The van der Waals surface area contributed by atoms with Crippen LogP contribution in [0.25, 0.3) is 0 Å². The molecule has 0 bridgehead atoms. The van der Waals surface area contributed by atoms with Gasteiger partial charge in [0.2, 0.25) is 47.3 Å². The van der Waals surface area contributed by atoms with Crippen molar-refractivity contribution in [3.05, 3.63) is 35.9 Å². The molecule has 1 aliphatic carbocycles. The van der Waals surface area contributed by atoms with E-state index < -0.39 is 157 Å². The van der Waals surface area contributed by atoms with Gasteiger partial charge in [-0.3, -0.25) is 52.8 Å². The second-order valence-corrected chi connectivity index (χ2v) is 20.1. The number of hydrogen-bond acceptors (Lipinski definition) is 18. The van der Waals surface area contributed by atoms with Gasteiger partial charge in [-0.05, 0) is 109 Å². The minimum absolute atomic E-state index is 0.0558. The summed E-state index contributed by atoms with van der Waals surface area (Å²) in [6.07, 6.45) is -2.74. The number of nitrogens with one attached hydrogen (secondary N) is 8. The molecule has 1 aliphatic heterocycles. The summed E-state index contributed by atoms with van der Waals surface area (Å²) >= 11 is 0. The van der Waals surface area contributed by atoms with Crippen LogP contribution in [0.2, 0.25) is 0 Å². The Morgan fingerprint density at radius 2 is 1.10 bits per heavy atom. The molecular formula is C50H85N15O12. The molecule has 2 fully saturated rings. The SMILES string of the molecule is CC(C)C[C@@H]1NC(=O)[C@@H](Cc2ccccc2)NC(=O)[C@H](CCN)NC(=O)[C@H](CCN)N(C(=O)[C@H](CCN)NC(=O)[C@@H](NC(=O)[C@@H]2CCCC[C@@H]2N)[C@@H](C)O)C(=O)[C@H]([C@@H](C)O)NC(=O)[C@H](CCN)NC(=O)[C@H](CCN)NC1=O. The number of nitrogens with two attached hydrogens (primary N) is 6. The molecule has 1 saturated carbocycles. The first-order chi connectivity index (χ1) is 36.5. The zero-order valence-electron chi connectivity index (χ0n) is 44.7. The number of aliphatic hydroxyl groups excluding tert-OH is 2. The van der Waals surface area contributed by atoms with Crippen molar-refractivity contribution in [1.82, 2.24) is 47.4 Å². The summed E-state index contributed by atoms with van der Waals surface area (Å²) in [6.45, 7) is 4.52. The summed E-state index contributed by atoms with van der Waals surface area (Å²) in [4.78, 5) is 144. The van der Waals surface area contributed by atoms with E-state index in [4.69, 9.17) is 34.4 Å². The molecule has 0 unspecified atom stereocenters. The Morgan fingerprint density at radius 1 is 0.623 bits per heavy atom. The molecule has 0 aromatic heterocycles. The minimum Gasteiger partial charge on any atom is -0.391 e. The highest BCUT2D eigenvalue weighted by Crippen LogP contribution is 2.24. The van der Waals surface area contributed by atoms with E-state index in [2.05, 4.69) is 42.5 Å². The van der Waals surface area contributed by atoms with Crippen LogP contribution in [0.15, 0.2) is 30.3 Å². The molecule has 0 spiro atoms. The Kier molecular flexibility index (Phi) is 27.5. The number of hydrogen-bond donors (Lipinski definition) is 16. The molecule has 77 heavy (non-hydrogen) atoms. The van der Waals surface area contributed by atoms with Crippen LogP contribution >= 0.6 is 0 Å². The largest absolute Gasteiger partial charge is 0.391 e. The van der Waals surface area contributed by atoms with Crippen molar-refractivity contribution in [2.24, 2.45) is 46.2 Å². The minimum atomic E-state index is -2.11. The number of benzene rings is 1. The smallest absolute Gasteiger partial charge is 0.255 e. The van der Waals surface area contributed by atoms with Crippen LogP contribution in [0.5, 0.6) is 0 Å². The van der Waals surface area contributed by atoms with Crippen molar-refractivity contribution in [2.45, 2.75) is 171 Å². The number of carbonyl (C=O) groups is 10. The average Bonchev–Trinajstić information content (AvgIpc) is 3.37. The lowest BCUT2D eigenvalue weighted by atomic mass is 9.84. The molecule has 27 nitrogen and oxygen atoms in total. The lowest BCUT2D eigenvalue weighted by Crippen LogP contribution is -2.66. The molecule has 1 saturated heterocycles. The van der Waals surface area contributed by atoms with Crippen molar-refractivity contribution < 1.29 is 58.2 Å². The Labute approximate surface area is 449 Å². The molecule has 1 aromatic rings. The summed E-state index contributed by atoms with van der Waals surface area (Å²) in [5.41, 5.74) is 36.6. The molecule has 1 aromatic carbocycles. The lowest BCUT2D eigenvalue weighted by Gasteiger charge is -2.36. The van der Waals surface area contributed by atoms with Crippen LogP contribution in [0.3, 0.4) is 0 Å². The average molecular weight is 1090 g/mol. The van der Waals surface area contributed by atoms with E-state index >= 15 is 9.59 Å². The Balaban J connectivity index is 2.30. The summed E-state index contributed by atoms with van der Waals surface area (Å²) < 4.78 is 0. The van der Waals surface area contributed by atoms with Gasteiger partial charge < -0.3 is 87.1 Å². The highest BCUT2D eigenvalue weighted by molar-refractivity contribution is 6.07. The topological polar surface area (TPSA) is 467 Å². The third kappa shape index (κ3) is 19.6. The monoisotopic (exact) mass is 1090 g/mol. The van der Waals surface area contributed by atoms with Gasteiger partial charge in [0, 0.05) is 12.5 Å². The first-order valence-electron chi connectivity index (χ1n) is 26.5. The maximum atomic E-state index is 15.2. The third-order valence-corrected chi connectivity index (χ3v) is 13.4. The summed E-state index contributed by atoms with van der Waals surface area (Å²) in [6, 6.07) is -6.87. The van der Waals surface area contributed by atoms with Gasteiger partial charge in [-0.25, -0.2) is 0 Å². The van der Waals surface area contributed by atoms with Crippen molar-refractivity contribution in [2.75, 3.05) is 32.7 Å². The molecular weight excluding hydrogens is 1000 g/mol. The summed E-state index contributed by atoms with van der Waals surface area (Å²) in [7, 11) is 0. The van der Waals surface area contributed by atoms with Crippen molar-refractivity contribution in [1.29, 1.82) is 0 Å². The zero-order valence-corrected chi connectivity index (χ0v) is 44.7. The van der Waals surface area contributed by atoms with Crippen molar-refractivity contribution in [3.63, 3.8) is 0 Å². The van der Waals surface area contributed by atoms with E-state index in [1.165, 1.54) is 6.92 Å². The fourth-order valence-corrected chi connectivity index (χ4v) is 9.17. The van der Waals surface area contributed by atoms with Crippen LogP contribution in [0, 0.1) is 11.8 Å². The maximum absolute atomic E-state index is 15.2. The standard InChI is InChI=1S/C50H85N15O12/c1-26(2)24-36-45(72)58-32(14-19-51)42(69)57-34(16-21-53)44(71)64-40(28(4)67)50(77)65(49(76)35(17-22-54)60-48(75)39(27(3)66)63-41(68)30-12-8-9-13-31(30)56)38(18-23-55)47(74)59-33(15-20-52)43(70)62-37(46(73)61-36)25-29-10-6-5-7-11-29/h5-7,10-11,26-28,30-40,66-67H,8-9,12-25,51-56H2,1-4H3,(H,57,69)(H,58,72)(H,59,74)(H,60,75)(H,61,73)(H,62,70)(H,63,68)(H,64,71)/t27-,28-,30-,31+,32+,33+,34+,35+,36+,37-,38+,39+,40+/m1/s1. The van der Waals surface area contributed by atoms with Gasteiger partial charge in [-0.15, -0.1) is 0 Å². The number of nitrogens with zero attached hydrogens (tertiary/aromatic N) is 1. The van der Waals surface area contributed by atoms with E-state index in [1.807, 2.05) is 0 Å². The fourth-order valence-electron chi connectivity index (χ4n) is 9.17. The molecule has 2 aliphatic rings. The molecule has 13 atom stereocenters. The fraction of sp³-hybridized carbons (Fsp3) is 0.680. The van der Waals surface area contributed by atoms with Crippen molar-refractivity contribution >= 4 is 59.1 Å². The number of aliphatic hydroxyl groups is 2. The first-order valence-corrected chi connectivity index (χ1v) is 26.5. The number of carbonyl (C=O) groups excluding carboxylic acids is 10. The van der Waals surface area contributed by atoms with Gasteiger partial charge in [-0.2, -0.15) is 0 Å². The second kappa shape index (κ2) is 32.5. The van der Waals surface area contributed by atoms with E-state index in [-0.39, 0.29) is 64.2 Å². The van der Waals surface area contributed by atoms with Crippen LogP contribution in [0.1, 0.15) is 97.5 Å². The van der Waals surface area contributed by atoms with Crippen LogP contribution in [0.4, 0.5) is 0 Å². The van der Waals surface area contributed by atoms with Crippen LogP contribution < -0.4 is 76.9 Å². The second-order valence-electron chi connectivity index (χ2n) is 20.1. The predicted octanol–water partition coefficient (Wildman–Crippen LogP) is -6.09. The predicted molar refractivity (Wildman–Crippen MR) is 282 cm³/mol. The van der Waals surface area contributed by atoms with Crippen molar-refractivity contribution in [3.8, 4) is 0 Å². The molecule has 0 radical (unpaired) electrons. The van der Waals surface area contributed by atoms with E-state index in [0.717, 1.165) is 13.3 Å². The normalized spacial score (nSPS) is 26.3. The van der Waals surface area contributed by atoms with Gasteiger partial charge in [0.25, 0.3) is 11.8 Å². The first kappa shape index (κ1) is 65.1. The van der Waals surface area contributed by atoms with E-state index in [9.17, 15) is 48.6 Å². The summed E-state index contributed by atoms with van der Waals surface area (Å²) in [5, 5.41) is 42.4.